The van der Waals surface area contributed by atoms with Crippen LogP contribution in [0.1, 0.15) is 24.8 Å². The van der Waals surface area contributed by atoms with Crippen molar-refractivity contribution in [1.82, 2.24) is 14.5 Å². The van der Waals surface area contributed by atoms with E-state index in [0.29, 0.717) is 46.6 Å². The van der Waals surface area contributed by atoms with Gasteiger partial charge in [-0.25, -0.2) is 8.42 Å². The lowest BCUT2D eigenvalue weighted by atomic mass is 10.1. The molecule has 1 saturated heterocycles. The lowest BCUT2D eigenvalue weighted by Gasteiger charge is -2.26. The molecule has 1 N–H and O–H groups in total. The first kappa shape index (κ1) is 23.0. The van der Waals surface area contributed by atoms with Gasteiger partial charge in [-0.3, -0.25) is 0 Å². The van der Waals surface area contributed by atoms with Crippen molar-refractivity contribution in [2.75, 3.05) is 32.6 Å². The lowest BCUT2D eigenvalue weighted by molar-refractivity contribution is 0.346. The zero-order valence-electron chi connectivity index (χ0n) is 19.0. The Morgan fingerprint density at radius 2 is 1.64 bits per heavy atom. The zero-order valence-corrected chi connectivity index (χ0v) is 19.9. The second kappa shape index (κ2) is 9.76. The molecule has 0 amide bonds. The first-order valence-electron chi connectivity index (χ1n) is 10.9. The average Bonchev–Trinajstić information content (AvgIpc) is 2.85. The number of methoxy groups -OCH3 is 2. The van der Waals surface area contributed by atoms with Gasteiger partial charge in [0.05, 0.1) is 24.8 Å². The summed E-state index contributed by atoms with van der Waals surface area (Å²) >= 11 is 0. The molecule has 8 nitrogen and oxygen atoms in total. The van der Waals surface area contributed by atoms with E-state index < -0.39 is 10.0 Å². The summed E-state index contributed by atoms with van der Waals surface area (Å²) in [6.45, 7) is 2.97. The Balaban J connectivity index is 1.56. The SMILES string of the molecule is COc1ccc(Nc2ccc(-c3ccc(C)c(S(=O)(=O)N4CCCCC4)c3)nn2)cc1OC. The van der Waals surface area contributed by atoms with Gasteiger partial charge in [0.15, 0.2) is 17.3 Å². The van der Waals surface area contributed by atoms with Crippen molar-refractivity contribution in [2.45, 2.75) is 31.1 Å². The molecule has 0 bridgehead atoms. The number of ether oxygens (including phenoxy) is 2. The standard InChI is InChI=1S/C24H28N4O4S/c1-17-7-8-18(15-23(17)33(29,30)28-13-5-4-6-14-28)20-10-12-24(27-26-20)25-19-9-11-21(31-2)22(16-19)32-3/h7-12,15-16H,4-6,13-14H2,1-3H3,(H,25,27). The van der Waals surface area contributed by atoms with Gasteiger partial charge in [-0.1, -0.05) is 18.6 Å². The van der Waals surface area contributed by atoms with E-state index in [9.17, 15) is 8.42 Å². The van der Waals surface area contributed by atoms with Gasteiger partial charge in [0.25, 0.3) is 0 Å². The summed E-state index contributed by atoms with van der Waals surface area (Å²) in [7, 11) is -0.366. The molecule has 9 heteroatoms. The maximum atomic E-state index is 13.2. The van der Waals surface area contributed by atoms with Crippen molar-refractivity contribution in [1.29, 1.82) is 0 Å². The number of sulfonamides is 1. The van der Waals surface area contributed by atoms with Crippen LogP contribution in [-0.2, 0) is 10.0 Å². The Bertz CT molecular complexity index is 1220. The second-order valence-electron chi connectivity index (χ2n) is 7.94. The average molecular weight is 469 g/mol. The van der Waals surface area contributed by atoms with Crippen LogP contribution in [0.3, 0.4) is 0 Å². The molecular weight excluding hydrogens is 440 g/mol. The van der Waals surface area contributed by atoms with Crippen molar-refractivity contribution in [2.24, 2.45) is 0 Å². The van der Waals surface area contributed by atoms with E-state index in [2.05, 4.69) is 15.5 Å². The van der Waals surface area contributed by atoms with Crippen LogP contribution in [0.4, 0.5) is 11.5 Å². The molecule has 1 aliphatic rings. The predicted octanol–water partition coefficient (Wildman–Crippen LogP) is 4.39. The third kappa shape index (κ3) is 4.94. The molecule has 4 rings (SSSR count). The van der Waals surface area contributed by atoms with Gasteiger partial charge in [0.1, 0.15) is 0 Å². The van der Waals surface area contributed by atoms with Crippen LogP contribution < -0.4 is 14.8 Å². The number of rotatable bonds is 7. The number of hydrogen-bond acceptors (Lipinski definition) is 7. The second-order valence-corrected chi connectivity index (χ2v) is 9.85. The minimum Gasteiger partial charge on any atom is -0.493 e. The Morgan fingerprint density at radius 1 is 0.879 bits per heavy atom. The molecule has 0 spiro atoms. The number of aryl methyl sites for hydroxylation is 1. The maximum Gasteiger partial charge on any atom is 0.243 e. The predicted molar refractivity (Wildman–Crippen MR) is 128 cm³/mol. The lowest BCUT2D eigenvalue weighted by Crippen LogP contribution is -2.35. The van der Waals surface area contributed by atoms with Gasteiger partial charge in [0.2, 0.25) is 10.0 Å². The maximum absolute atomic E-state index is 13.2. The molecule has 1 aliphatic heterocycles. The quantitative estimate of drug-likeness (QED) is 0.550. The van der Waals surface area contributed by atoms with E-state index in [0.717, 1.165) is 30.5 Å². The summed E-state index contributed by atoms with van der Waals surface area (Å²) in [5.41, 5.74) is 2.81. The summed E-state index contributed by atoms with van der Waals surface area (Å²) < 4.78 is 38.6. The molecule has 0 aliphatic carbocycles. The summed E-state index contributed by atoms with van der Waals surface area (Å²) in [4.78, 5) is 0.330. The topological polar surface area (TPSA) is 93.7 Å². The monoisotopic (exact) mass is 468 g/mol. The number of hydrogen-bond donors (Lipinski definition) is 1. The molecule has 174 valence electrons. The largest absolute Gasteiger partial charge is 0.493 e. The highest BCUT2D eigenvalue weighted by molar-refractivity contribution is 7.89. The van der Waals surface area contributed by atoms with Gasteiger partial charge in [0, 0.05) is 30.4 Å². The molecule has 0 unspecified atom stereocenters. The van der Waals surface area contributed by atoms with Gasteiger partial charge >= 0.3 is 0 Å². The minimum absolute atomic E-state index is 0.330. The highest BCUT2D eigenvalue weighted by Crippen LogP contribution is 2.31. The van der Waals surface area contributed by atoms with Crippen LogP contribution in [0.2, 0.25) is 0 Å². The van der Waals surface area contributed by atoms with Crippen molar-refractivity contribution in [3.05, 3.63) is 54.1 Å². The Kier molecular flexibility index (Phi) is 6.80. The Morgan fingerprint density at radius 3 is 2.30 bits per heavy atom. The molecular formula is C24H28N4O4S. The van der Waals surface area contributed by atoms with E-state index in [1.165, 1.54) is 0 Å². The van der Waals surface area contributed by atoms with Crippen molar-refractivity contribution in [3.8, 4) is 22.8 Å². The smallest absolute Gasteiger partial charge is 0.243 e. The first-order chi connectivity index (χ1) is 15.9. The fourth-order valence-corrected chi connectivity index (χ4v) is 5.66. The fraction of sp³-hybridized carbons (Fsp3) is 0.333. The Labute approximate surface area is 194 Å². The summed E-state index contributed by atoms with van der Waals surface area (Å²) in [6.07, 6.45) is 2.88. The van der Waals surface area contributed by atoms with Crippen LogP contribution in [0.15, 0.2) is 53.4 Å². The highest BCUT2D eigenvalue weighted by Gasteiger charge is 2.27. The number of piperidine rings is 1. The van der Waals surface area contributed by atoms with E-state index in [4.69, 9.17) is 9.47 Å². The van der Waals surface area contributed by atoms with Gasteiger partial charge < -0.3 is 14.8 Å². The van der Waals surface area contributed by atoms with Gasteiger partial charge in [-0.05, 0) is 55.7 Å². The molecule has 1 aromatic heterocycles. The number of benzene rings is 2. The third-order valence-electron chi connectivity index (χ3n) is 5.74. The van der Waals surface area contributed by atoms with E-state index in [1.54, 1.807) is 36.7 Å². The van der Waals surface area contributed by atoms with Crippen LogP contribution in [0, 0.1) is 6.92 Å². The summed E-state index contributed by atoms with van der Waals surface area (Å²) in [6, 6.07) is 14.5. The summed E-state index contributed by atoms with van der Waals surface area (Å²) in [5.74, 6) is 1.80. The number of aromatic nitrogens is 2. The molecule has 33 heavy (non-hydrogen) atoms. The third-order valence-corrected chi connectivity index (χ3v) is 7.78. The zero-order chi connectivity index (χ0) is 23.4. The normalized spacial score (nSPS) is 14.6. The van der Waals surface area contributed by atoms with Crippen molar-refractivity contribution < 1.29 is 17.9 Å². The van der Waals surface area contributed by atoms with Gasteiger partial charge in [-0.2, -0.15) is 4.31 Å². The highest BCUT2D eigenvalue weighted by atomic mass is 32.2. The summed E-state index contributed by atoms with van der Waals surface area (Å²) in [5, 5.41) is 11.8. The van der Waals surface area contributed by atoms with Crippen LogP contribution in [0.5, 0.6) is 11.5 Å². The van der Waals surface area contributed by atoms with E-state index in [-0.39, 0.29) is 0 Å². The Hall–Kier alpha value is -3.17. The molecule has 1 fully saturated rings. The minimum atomic E-state index is -3.53. The molecule has 3 aromatic rings. The van der Waals surface area contributed by atoms with Crippen LogP contribution >= 0.6 is 0 Å². The molecule has 2 aromatic carbocycles. The fourth-order valence-electron chi connectivity index (χ4n) is 3.90. The number of anilines is 2. The molecule has 2 heterocycles. The first-order valence-corrected chi connectivity index (χ1v) is 12.3. The van der Waals surface area contributed by atoms with Crippen molar-refractivity contribution in [3.63, 3.8) is 0 Å². The molecule has 0 atom stereocenters. The molecule has 0 saturated carbocycles. The van der Waals surface area contributed by atoms with Gasteiger partial charge in [-0.15, -0.1) is 10.2 Å². The van der Waals surface area contributed by atoms with Crippen LogP contribution in [0.25, 0.3) is 11.3 Å². The van der Waals surface area contributed by atoms with E-state index in [1.807, 2.05) is 37.3 Å². The van der Waals surface area contributed by atoms with E-state index >= 15 is 0 Å². The van der Waals surface area contributed by atoms with Crippen LogP contribution in [-0.4, -0.2) is 50.2 Å². The van der Waals surface area contributed by atoms with Crippen molar-refractivity contribution >= 4 is 21.5 Å². The number of nitrogens with zero attached hydrogens (tertiary/aromatic N) is 3. The number of nitrogens with one attached hydrogen (secondary N) is 1. The molecule has 0 radical (unpaired) electrons.